The number of benzene rings is 3. The average molecular weight is 455 g/mol. The first kappa shape index (κ1) is 23.2. The van der Waals surface area contributed by atoms with Crippen LogP contribution in [0.5, 0.6) is 11.5 Å². The van der Waals surface area contributed by atoms with Crippen molar-refractivity contribution in [3.63, 3.8) is 0 Å². The van der Waals surface area contributed by atoms with E-state index < -0.39 is 17.8 Å². The Hall–Kier alpha value is -3.99. The molecule has 0 saturated carbocycles. The van der Waals surface area contributed by atoms with Crippen LogP contribution in [0.25, 0.3) is 0 Å². The molecule has 172 valence electrons. The predicted molar refractivity (Wildman–Crippen MR) is 130 cm³/mol. The van der Waals surface area contributed by atoms with E-state index in [1.165, 1.54) is 20.3 Å². The molecule has 0 N–H and O–H groups in total. The SMILES string of the molecule is COc1ccc(C2C(C(=O)c3ccccc3)C(=O)C=C(C)C2C(=O)c2ccccc2)cc1OC. The summed E-state index contributed by atoms with van der Waals surface area (Å²) in [4.78, 5) is 40.7. The summed E-state index contributed by atoms with van der Waals surface area (Å²) < 4.78 is 10.9. The monoisotopic (exact) mass is 454 g/mol. The van der Waals surface area contributed by atoms with Gasteiger partial charge < -0.3 is 9.47 Å². The van der Waals surface area contributed by atoms with E-state index in [2.05, 4.69) is 0 Å². The smallest absolute Gasteiger partial charge is 0.174 e. The van der Waals surface area contributed by atoms with Gasteiger partial charge in [0.15, 0.2) is 28.8 Å². The Kier molecular flexibility index (Phi) is 6.73. The minimum absolute atomic E-state index is 0.132. The molecule has 0 saturated heterocycles. The van der Waals surface area contributed by atoms with Gasteiger partial charge in [-0.3, -0.25) is 14.4 Å². The Balaban J connectivity index is 1.91. The van der Waals surface area contributed by atoms with E-state index >= 15 is 0 Å². The molecule has 4 rings (SSSR count). The van der Waals surface area contributed by atoms with Crippen molar-refractivity contribution in [1.82, 2.24) is 0 Å². The third-order valence-corrected chi connectivity index (χ3v) is 6.36. The summed E-state index contributed by atoms with van der Waals surface area (Å²) in [5.41, 5.74) is 2.27. The highest BCUT2D eigenvalue weighted by molar-refractivity contribution is 6.17. The van der Waals surface area contributed by atoms with Gasteiger partial charge in [-0.15, -0.1) is 0 Å². The predicted octanol–water partition coefficient (Wildman–Crippen LogP) is 5.31. The van der Waals surface area contributed by atoms with Gasteiger partial charge in [0.25, 0.3) is 0 Å². The Morgan fingerprint density at radius 3 is 1.76 bits per heavy atom. The van der Waals surface area contributed by atoms with Gasteiger partial charge in [0.1, 0.15) is 0 Å². The molecule has 0 aromatic heterocycles. The highest BCUT2D eigenvalue weighted by Gasteiger charge is 2.46. The van der Waals surface area contributed by atoms with E-state index in [1.54, 1.807) is 73.7 Å². The fraction of sp³-hybridized carbons (Fsp3) is 0.207. The lowest BCUT2D eigenvalue weighted by molar-refractivity contribution is -0.118. The van der Waals surface area contributed by atoms with Gasteiger partial charge in [0.2, 0.25) is 0 Å². The van der Waals surface area contributed by atoms with Crippen LogP contribution in [0.3, 0.4) is 0 Å². The van der Waals surface area contributed by atoms with E-state index in [4.69, 9.17) is 9.47 Å². The molecular formula is C29H26O5. The van der Waals surface area contributed by atoms with Crippen molar-refractivity contribution < 1.29 is 23.9 Å². The molecule has 34 heavy (non-hydrogen) atoms. The number of hydrogen-bond donors (Lipinski definition) is 0. The number of ketones is 3. The normalized spacial score (nSPS) is 19.8. The van der Waals surface area contributed by atoms with Crippen LogP contribution in [0.1, 0.15) is 39.1 Å². The summed E-state index contributed by atoms with van der Waals surface area (Å²) in [7, 11) is 3.07. The average Bonchev–Trinajstić information content (AvgIpc) is 2.88. The number of ether oxygens (including phenoxy) is 2. The topological polar surface area (TPSA) is 69.7 Å². The van der Waals surface area contributed by atoms with E-state index in [0.29, 0.717) is 33.8 Å². The molecule has 0 bridgehead atoms. The first-order valence-electron chi connectivity index (χ1n) is 11.1. The highest BCUT2D eigenvalue weighted by Crippen LogP contribution is 2.45. The number of methoxy groups -OCH3 is 2. The Morgan fingerprint density at radius 2 is 1.24 bits per heavy atom. The first-order valence-corrected chi connectivity index (χ1v) is 11.1. The summed E-state index contributed by atoms with van der Waals surface area (Å²) >= 11 is 0. The van der Waals surface area contributed by atoms with Crippen LogP contribution >= 0.6 is 0 Å². The summed E-state index contributed by atoms with van der Waals surface area (Å²) in [5.74, 6) is -2.17. The van der Waals surface area contributed by atoms with Gasteiger partial charge >= 0.3 is 0 Å². The van der Waals surface area contributed by atoms with Crippen LogP contribution < -0.4 is 9.47 Å². The fourth-order valence-corrected chi connectivity index (χ4v) is 4.73. The molecule has 1 aliphatic carbocycles. The number of Topliss-reactive ketones (excluding diaryl/α,β-unsaturated/α-hetero) is 2. The van der Waals surface area contributed by atoms with Gasteiger partial charge in [-0.05, 0) is 30.7 Å². The second-order valence-electron chi connectivity index (χ2n) is 8.35. The van der Waals surface area contributed by atoms with Gasteiger partial charge in [-0.25, -0.2) is 0 Å². The molecular weight excluding hydrogens is 428 g/mol. The Bertz CT molecular complexity index is 1240. The molecule has 5 heteroatoms. The standard InChI is InChI=1S/C29H26O5/c1-18-16-22(30)27(29(32)20-12-8-5-9-13-20)26(21-14-15-23(33-2)24(17-21)34-3)25(18)28(31)19-10-6-4-7-11-19/h4-17,25-27H,1-3H3. The van der Waals surface area contributed by atoms with E-state index in [-0.39, 0.29) is 17.3 Å². The van der Waals surface area contributed by atoms with Crippen LogP contribution in [-0.2, 0) is 4.79 Å². The molecule has 5 nitrogen and oxygen atoms in total. The zero-order valence-corrected chi connectivity index (χ0v) is 19.4. The summed E-state index contributed by atoms with van der Waals surface area (Å²) in [6, 6.07) is 23.0. The lowest BCUT2D eigenvalue weighted by Gasteiger charge is -2.36. The summed E-state index contributed by atoms with van der Waals surface area (Å²) in [5, 5.41) is 0. The maximum Gasteiger partial charge on any atom is 0.174 e. The number of allylic oxidation sites excluding steroid dienone is 2. The lowest BCUT2D eigenvalue weighted by Crippen LogP contribution is -2.40. The van der Waals surface area contributed by atoms with E-state index in [9.17, 15) is 14.4 Å². The van der Waals surface area contributed by atoms with Crippen molar-refractivity contribution >= 4 is 17.3 Å². The van der Waals surface area contributed by atoms with Gasteiger partial charge in [-0.2, -0.15) is 0 Å². The van der Waals surface area contributed by atoms with Crippen LogP contribution in [0.2, 0.25) is 0 Å². The number of carbonyl (C=O) groups excluding carboxylic acids is 3. The number of rotatable bonds is 7. The van der Waals surface area contributed by atoms with Gasteiger partial charge in [-0.1, -0.05) is 72.3 Å². The van der Waals surface area contributed by atoms with Crippen LogP contribution in [0.4, 0.5) is 0 Å². The summed E-state index contributed by atoms with van der Waals surface area (Å²) in [6.45, 7) is 1.78. The Morgan fingerprint density at radius 1 is 0.706 bits per heavy atom. The first-order chi connectivity index (χ1) is 16.5. The minimum Gasteiger partial charge on any atom is -0.493 e. The number of hydrogen-bond acceptors (Lipinski definition) is 5. The molecule has 0 heterocycles. The fourth-order valence-electron chi connectivity index (χ4n) is 4.73. The van der Waals surface area contributed by atoms with Crippen molar-refractivity contribution in [3.05, 3.63) is 107 Å². The zero-order chi connectivity index (χ0) is 24.2. The van der Waals surface area contributed by atoms with Crippen LogP contribution in [0.15, 0.2) is 90.5 Å². The lowest BCUT2D eigenvalue weighted by atomic mass is 9.64. The molecule has 0 spiro atoms. The largest absolute Gasteiger partial charge is 0.493 e. The quantitative estimate of drug-likeness (QED) is 0.357. The molecule has 3 aromatic carbocycles. The highest BCUT2D eigenvalue weighted by atomic mass is 16.5. The third kappa shape index (κ3) is 4.29. The number of carbonyl (C=O) groups is 3. The van der Waals surface area contributed by atoms with Crippen LogP contribution in [0, 0.1) is 11.8 Å². The molecule has 3 unspecified atom stereocenters. The summed E-state index contributed by atoms with van der Waals surface area (Å²) in [6.07, 6.45) is 1.45. The van der Waals surface area contributed by atoms with Crippen molar-refractivity contribution in [2.75, 3.05) is 14.2 Å². The molecule has 0 radical (unpaired) electrons. The molecule has 1 aliphatic rings. The Labute approximate surface area is 199 Å². The third-order valence-electron chi connectivity index (χ3n) is 6.36. The van der Waals surface area contributed by atoms with Gasteiger partial charge in [0, 0.05) is 17.0 Å². The van der Waals surface area contributed by atoms with Crippen molar-refractivity contribution in [2.45, 2.75) is 12.8 Å². The molecule has 3 atom stereocenters. The maximum absolute atomic E-state index is 13.8. The molecule has 3 aromatic rings. The van der Waals surface area contributed by atoms with Crippen molar-refractivity contribution in [2.24, 2.45) is 11.8 Å². The molecule has 0 amide bonds. The van der Waals surface area contributed by atoms with Gasteiger partial charge in [0.05, 0.1) is 26.1 Å². The second kappa shape index (κ2) is 9.87. The maximum atomic E-state index is 13.8. The molecule has 0 aliphatic heterocycles. The second-order valence-corrected chi connectivity index (χ2v) is 8.35. The van der Waals surface area contributed by atoms with Crippen LogP contribution in [-0.4, -0.2) is 31.6 Å². The van der Waals surface area contributed by atoms with Crippen molar-refractivity contribution in [1.29, 1.82) is 0 Å². The molecule has 0 fully saturated rings. The van der Waals surface area contributed by atoms with E-state index in [1.807, 2.05) is 12.1 Å². The van der Waals surface area contributed by atoms with E-state index in [0.717, 1.165) is 0 Å². The minimum atomic E-state index is -1.04. The zero-order valence-electron chi connectivity index (χ0n) is 19.4. The van der Waals surface area contributed by atoms with Crippen molar-refractivity contribution in [3.8, 4) is 11.5 Å².